The highest BCUT2D eigenvalue weighted by molar-refractivity contribution is 9.11. The van der Waals surface area contributed by atoms with Gasteiger partial charge in [0, 0.05) is 6.54 Å². The maximum atomic E-state index is 12.1. The lowest BCUT2D eigenvalue weighted by molar-refractivity contribution is -0.122. The molecule has 1 aromatic carbocycles. The van der Waals surface area contributed by atoms with Crippen LogP contribution in [0.1, 0.15) is 5.56 Å². The van der Waals surface area contributed by atoms with Crippen LogP contribution < -0.4 is 10.1 Å². The fourth-order valence-corrected chi connectivity index (χ4v) is 3.40. The van der Waals surface area contributed by atoms with E-state index in [-0.39, 0.29) is 18.8 Å². The molecule has 0 spiro atoms. The summed E-state index contributed by atoms with van der Waals surface area (Å²) in [5.41, 5.74) is 0.911. The number of nitrogens with one attached hydrogen (secondary N) is 1. The van der Waals surface area contributed by atoms with E-state index in [1.54, 1.807) is 18.2 Å². The Balaban J connectivity index is 2.30. The van der Waals surface area contributed by atoms with Crippen LogP contribution >= 0.6 is 31.9 Å². The Bertz CT molecular complexity index is 727. The molecule has 1 heterocycles. The van der Waals surface area contributed by atoms with E-state index in [9.17, 15) is 9.59 Å². The molecule has 0 radical (unpaired) electrons. The van der Waals surface area contributed by atoms with E-state index in [4.69, 9.17) is 11.2 Å². The summed E-state index contributed by atoms with van der Waals surface area (Å²) in [5.74, 6) is 2.57. The summed E-state index contributed by atoms with van der Waals surface area (Å²) in [6, 6.07) is 3.06. The quantitative estimate of drug-likeness (QED) is 0.331. The van der Waals surface area contributed by atoms with Crippen molar-refractivity contribution in [2.45, 2.75) is 0 Å². The van der Waals surface area contributed by atoms with E-state index in [1.807, 2.05) is 0 Å². The second kappa shape index (κ2) is 7.49. The molecule has 0 unspecified atom stereocenters. The summed E-state index contributed by atoms with van der Waals surface area (Å²) >= 11 is 6.78. The van der Waals surface area contributed by atoms with E-state index < -0.39 is 11.9 Å². The van der Waals surface area contributed by atoms with Crippen molar-refractivity contribution >= 4 is 49.9 Å². The van der Waals surface area contributed by atoms with Gasteiger partial charge >= 0.3 is 6.03 Å². The van der Waals surface area contributed by atoms with E-state index in [0.717, 1.165) is 4.90 Å². The first-order valence-electron chi connectivity index (χ1n) is 6.48. The molecule has 118 valence electrons. The zero-order valence-corrected chi connectivity index (χ0v) is 15.1. The molecule has 1 saturated heterocycles. The van der Waals surface area contributed by atoms with Crippen molar-refractivity contribution in [3.63, 3.8) is 0 Å². The predicted octanol–water partition coefficient (Wildman–Crippen LogP) is 3.30. The number of terminal acetylenes is 1. The number of imide groups is 1. The lowest BCUT2D eigenvalue weighted by atomic mass is 10.2. The smallest absolute Gasteiger partial charge is 0.329 e. The summed E-state index contributed by atoms with van der Waals surface area (Å²) in [5, 5.41) is 2.54. The molecule has 0 aromatic heterocycles. The van der Waals surface area contributed by atoms with Gasteiger partial charge in [-0.1, -0.05) is 12.0 Å². The van der Waals surface area contributed by atoms with Gasteiger partial charge in [-0.25, -0.2) is 4.79 Å². The van der Waals surface area contributed by atoms with Crippen LogP contribution in [0.25, 0.3) is 6.08 Å². The number of ether oxygens (including phenoxy) is 1. The van der Waals surface area contributed by atoms with Crippen LogP contribution in [0.4, 0.5) is 4.79 Å². The Hall–Kier alpha value is -2.04. The first kappa shape index (κ1) is 17.3. The standard InChI is InChI=1S/C16H12Br2N2O3/c1-3-5-20-15(21)13(19-16(20)22)9-10-7-11(17)14(12(18)8-10)23-6-4-2/h2-3,7-9H,1,5-6H2,(H,19,22)/b13-9+. The van der Waals surface area contributed by atoms with Gasteiger partial charge in [-0.3, -0.25) is 9.69 Å². The van der Waals surface area contributed by atoms with E-state index in [1.165, 1.54) is 6.08 Å². The number of urea groups is 1. The second-order valence-corrected chi connectivity index (χ2v) is 6.21. The van der Waals surface area contributed by atoms with Crippen LogP contribution in [0, 0.1) is 12.3 Å². The topological polar surface area (TPSA) is 58.6 Å². The largest absolute Gasteiger partial charge is 0.479 e. The van der Waals surface area contributed by atoms with Gasteiger partial charge in [0.05, 0.1) is 8.95 Å². The third-order valence-corrected chi connectivity index (χ3v) is 4.08. The highest BCUT2D eigenvalue weighted by Gasteiger charge is 2.32. The molecule has 0 atom stereocenters. The molecule has 1 aliphatic rings. The molecular formula is C16H12Br2N2O3. The number of nitrogens with zero attached hydrogens (tertiary/aromatic N) is 1. The van der Waals surface area contributed by atoms with Crippen molar-refractivity contribution in [1.29, 1.82) is 0 Å². The zero-order chi connectivity index (χ0) is 17.0. The summed E-state index contributed by atoms with van der Waals surface area (Å²) in [6.45, 7) is 3.83. The van der Waals surface area contributed by atoms with Crippen molar-refractivity contribution < 1.29 is 14.3 Å². The third-order valence-electron chi connectivity index (χ3n) is 2.91. The average molecular weight is 440 g/mol. The van der Waals surface area contributed by atoms with Crippen molar-refractivity contribution in [3.05, 3.63) is 45.0 Å². The normalized spacial score (nSPS) is 15.5. The van der Waals surface area contributed by atoms with Gasteiger partial charge in [0.2, 0.25) is 0 Å². The molecule has 1 N–H and O–H groups in total. The van der Waals surface area contributed by atoms with Gasteiger partial charge in [0.25, 0.3) is 5.91 Å². The van der Waals surface area contributed by atoms with Crippen LogP contribution in [-0.4, -0.2) is 30.0 Å². The molecular weight excluding hydrogens is 428 g/mol. The van der Waals surface area contributed by atoms with Crippen molar-refractivity contribution in [2.75, 3.05) is 13.2 Å². The number of carbonyl (C=O) groups is 2. The summed E-state index contributed by atoms with van der Waals surface area (Å²) in [4.78, 5) is 25.0. The van der Waals surface area contributed by atoms with Crippen LogP contribution in [0.2, 0.25) is 0 Å². The minimum Gasteiger partial charge on any atom is -0.479 e. The SMILES string of the molecule is C#CCOc1c(Br)cc(/C=C2/NC(=O)N(CC=C)C2=O)cc1Br. The summed E-state index contributed by atoms with van der Waals surface area (Å²) in [7, 11) is 0. The minimum absolute atomic E-state index is 0.142. The molecule has 3 amide bonds. The molecule has 1 fully saturated rings. The highest BCUT2D eigenvalue weighted by atomic mass is 79.9. The molecule has 23 heavy (non-hydrogen) atoms. The number of hydrogen-bond acceptors (Lipinski definition) is 3. The van der Waals surface area contributed by atoms with Crippen LogP contribution in [0.5, 0.6) is 5.75 Å². The second-order valence-electron chi connectivity index (χ2n) is 4.50. The van der Waals surface area contributed by atoms with Crippen LogP contribution in [-0.2, 0) is 4.79 Å². The zero-order valence-electron chi connectivity index (χ0n) is 11.9. The van der Waals surface area contributed by atoms with Crippen molar-refractivity contribution in [1.82, 2.24) is 10.2 Å². The van der Waals surface area contributed by atoms with Gasteiger partial charge < -0.3 is 10.1 Å². The maximum absolute atomic E-state index is 12.1. The molecule has 1 aliphatic heterocycles. The minimum atomic E-state index is -0.465. The van der Waals surface area contributed by atoms with Crippen molar-refractivity contribution in [3.8, 4) is 18.1 Å². The number of carbonyl (C=O) groups excluding carboxylic acids is 2. The molecule has 0 saturated carbocycles. The fourth-order valence-electron chi connectivity index (χ4n) is 1.95. The van der Waals surface area contributed by atoms with Crippen molar-refractivity contribution in [2.24, 2.45) is 0 Å². The molecule has 0 aliphatic carbocycles. The van der Waals surface area contributed by atoms with Crippen LogP contribution in [0.15, 0.2) is 39.4 Å². The fraction of sp³-hybridized carbons (Fsp3) is 0.125. The first-order chi connectivity index (χ1) is 11.0. The first-order valence-corrected chi connectivity index (χ1v) is 8.07. The van der Waals surface area contributed by atoms with Crippen LogP contribution in [0.3, 0.4) is 0 Å². The number of amides is 3. The van der Waals surface area contributed by atoms with E-state index in [2.05, 4.69) is 49.7 Å². The Labute approximate surface area is 150 Å². The van der Waals surface area contributed by atoms with Gasteiger partial charge in [-0.15, -0.1) is 13.0 Å². The van der Waals surface area contributed by atoms with Gasteiger partial charge in [0.1, 0.15) is 18.1 Å². The monoisotopic (exact) mass is 438 g/mol. The van der Waals surface area contributed by atoms with Gasteiger partial charge in [0.15, 0.2) is 0 Å². The Kier molecular flexibility index (Phi) is 5.64. The number of benzene rings is 1. The Morgan fingerprint density at radius 3 is 2.57 bits per heavy atom. The number of rotatable bonds is 5. The molecule has 0 bridgehead atoms. The maximum Gasteiger partial charge on any atom is 0.329 e. The molecule has 5 nitrogen and oxygen atoms in total. The molecule has 2 rings (SSSR count). The summed E-state index contributed by atoms with van der Waals surface area (Å²) < 4.78 is 6.77. The predicted molar refractivity (Wildman–Crippen MR) is 94.6 cm³/mol. The number of hydrogen-bond donors (Lipinski definition) is 1. The summed E-state index contributed by atoms with van der Waals surface area (Å²) in [6.07, 6.45) is 8.26. The van der Waals surface area contributed by atoms with E-state index >= 15 is 0 Å². The lowest BCUT2D eigenvalue weighted by Gasteiger charge is -2.09. The molecule has 1 aromatic rings. The van der Waals surface area contributed by atoms with Gasteiger partial charge in [-0.2, -0.15) is 0 Å². The third kappa shape index (κ3) is 3.84. The van der Waals surface area contributed by atoms with Gasteiger partial charge in [-0.05, 0) is 55.6 Å². The molecule has 7 heteroatoms. The highest BCUT2D eigenvalue weighted by Crippen LogP contribution is 2.35. The Morgan fingerprint density at radius 2 is 2.00 bits per heavy atom. The Morgan fingerprint density at radius 1 is 1.35 bits per heavy atom. The van der Waals surface area contributed by atoms with E-state index in [0.29, 0.717) is 20.3 Å². The average Bonchev–Trinajstić information content (AvgIpc) is 2.74. The number of halogens is 2. The lowest BCUT2D eigenvalue weighted by Crippen LogP contribution is -2.30.